The highest BCUT2D eigenvalue weighted by molar-refractivity contribution is 7.46. The van der Waals surface area contributed by atoms with Crippen LogP contribution in [0.4, 0.5) is 0 Å². The van der Waals surface area contributed by atoms with Gasteiger partial charge in [-0.3, -0.25) is 4.52 Å². The van der Waals surface area contributed by atoms with Gasteiger partial charge in [-0.05, 0) is 0 Å². The molecule has 0 aromatic heterocycles. The summed E-state index contributed by atoms with van der Waals surface area (Å²) in [7, 11) is -5.01. The second-order valence-corrected chi connectivity index (χ2v) is 4.71. The molecular formula is C6H13O9P. The maximum Gasteiger partial charge on any atom is 0.470 e. The standard InChI is InChI=1S/C6H13O9P/c7-1-2(8)4(10)6(5(11)3(1)9)15-16(12,13)14/h1-11H,(H2,12,13,14)/t1-,2+,3-,4-,5+,6-. The molecule has 1 fully saturated rings. The number of aliphatic hydroxyl groups is 5. The maximum atomic E-state index is 10.5. The van der Waals surface area contributed by atoms with Gasteiger partial charge < -0.3 is 35.3 Å². The van der Waals surface area contributed by atoms with Crippen LogP contribution in [-0.4, -0.2) is 71.9 Å². The molecule has 1 rings (SSSR count). The van der Waals surface area contributed by atoms with Gasteiger partial charge >= 0.3 is 7.82 Å². The van der Waals surface area contributed by atoms with Crippen molar-refractivity contribution in [1.29, 1.82) is 0 Å². The molecule has 10 heteroatoms. The molecule has 6 atom stereocenters. The third-order valence-electron chi connectivity index (χ3n) is 2.33. The first-order valence-electron chi connectivity index (χ1n) is 4.29. The summed E-state index contributed by atoms with van der Waals surface area (Å²) in [6.07, 6.45) is -11.3. The Morgan fingerprint density at radius 2 is 1.06 bits per heavy atom. The smallest absolute Gasteiger partial charge is 0.387 e. The van der Waals surface area contributed by atoms with Crippen LogP contribution < -0.4 is 0 Å². The lowest BCUT2D eigenvalue weighted by molar-refractivity contribution is -0.219. The Kier molecular flexibility index (Phi) is 4.06. The lowest BCUT2D eigenvalue weighted by atomic mass is 9.85. The van der Waals surface area contributed by atoms with Crippen LogP contribution in [0.3, 0.4) is 0 Å². The maximum absolute atomic E-state index is 10.5. The molecule has 96 valence electrons. The second-order valence-electron chi connectivity index (χ2n) is 3.51. The van der Waals surface area contributed by atoms with Crippen LogP contribution in [0.1, 0.15) is 0 Å². The Morgan fingerprint density at radius 1 is 0.750 bits per heavy atom. The van der Waals surface area contributed by atoms with E-state index < -0.39 is 44.4 Å². The van der Waals surface area contributed by atoms with E-state index >= 15 is 0 Å². The Bertz CT molecular complexity index is 274. The van der Waals surface area contributed by atoms with Crippen LogP contribution in [0.25, 0.3) is 0 Å². The van der Waals surface area contributed by atoms with E-state index in [0.717, 1.165) is 0 Å². The Hall–Kier alpha value is -0.0900. The van der Waals surface area contributed by atoms with Crippen LogP contribution in [0.2, 0.25) is 0 Å². The molecular weight excluding hydrogens is 247 g/mol. The summed E-state index contributed by atoms with van der Waals surface area (Å²) in [5, 5.41) is 46.1. The lowest BCUT2D eigenvalue weighted by Crippen LogP contribution is -2.64. The summed E-state index contributed by atoms with van der Waals surface area (Å²) in [4.78, 5) is 17.0. The van der Waals surface area contributed by atoms with Crippen LogP contribution in [-0.2, 0) is 9.09 Å². The number of phosphoric acid groups is 1. The minimum atomic E-state index is -5.01. The number of hydrogen-bond acceptors (Lipinski definition) is 7. The van der Waals surface area contributed by atoms with E-state index in [0.29, 0.717) is 0 Å². The molecule has 0 saturated heterocycles. The monoisotopic (exact) mass is 260 g/mol. The number of rotatable bonds is 2. The van der Waals surface area contributed by atoms with Crippen LogP contribution in [0.5, 0.6) is 0 Å². The molecule has 0 radical (unpaired) electrons. The van der Waals surface area contributed by atoms with Crippen LogP contribution in [0, 0.1) is 0 Å². The van der Waals surface area contributed by atoms with Crippen molar-refractivity contribution in [3.8, 4) is 0 Å². The first-order chi connectivity index (χ1) is 7.15. The van der Waals surface area contributed by atoms with Crippen molar-refractivity contribution < 1.29 is 44.4 Å². The van der Waals surface area contributed by atoms with Gasteiger partial charge in [-0.25, -0.2) is 4.57 Å². The fourth-order valence-electron chi connectivity index (χ4n) is 1.48. The largest absolute Gasteiger partial charge is 0.470 e. The van der Waals surface area contributed by atoms with E-state index in [4.69, 9.17) is 14.9 Å². The average molecular weight is 260 g/mol. The van der Waals surface area contributed by atoms with Gasteiger partial charge in [0, 0.05) is 0 Å². The van der Waals surface area contributed by atoms with Gasteiger partial charge in [0.05, 0.1) is 0 Å². The summed E-state index contributed by atoms with van der Waals surface area (Å²) in [5.74, 6) is 0. The normalized spacial score (nSPS) is 45.7. The molecule has 0 aliphatic heterocycles. The number of hydrogen-bond donors (Lipinski definition) is 7. The van der Waals surface area contributed by atoms with Gasteiger partial charge in [0.25, 0.3) is 0 Å². The predicted octanol–water partition coefficient (Wildman–Crippen LogP) is -3.72. The lowest BCUT2D eigenvalue weighted by Gasteiger charge is -2.41. The van der Waals surface area contributed by atoms with E-state index in [9.17, 15) is 25.0 Å². The van der Waals surface area contributed by atoms with Crippen LogP contribution >= 0.6 is 7.82 Å². The Balaban J connectivity index is 2.87. The molecule has 7 N–H and O–H groups in total. The third-order valence-corrected chi connectivity index (χ3v) is 2.85. The summed E-state index contributed by atoms with van der Waals surface area (Å²) in [5.41, 5.74) is 0. The Labute approximate surface area is 89.8 Å². The quantitative estimate of drug-likeness (QED) is 0.247. The number of phosphoric ester groups is 1. The molecule has 0 amide bonds. The minimum Gasteiger partial charge on any atom is -0.387 e. The molecule has 1 aliphatic carbocycles. The molecule has 1 aliphatic rings. The van der Waals surface area contributed by atoms with Gasteiger partial charge in [-0.2, -0.15) is 0 Å². The van der Waals surface area contributed by atoms with Crippen LogP contribution in [0.15, 0.2) is 0 Å². The predicted molar refractivity (Wildman–Crippen MR) is 47.0 cm³/mol. The van der Waals surface area contributed by atoms with Gasteiger partial charge in [-0.15, -0.1) is 0 Å². The highest BCUT2D eigenvalue weighted by Gasteiger charge is 2.50. The molecule has 0 heterocycles. The van der Waals surface area contributed by atoms with Gasteiger partial charge in [0.1, 0.15) is 36.6 Å². The van der Waals surface area contributed by atoms with E-state index in [-0.39, 0.29) is 0 Å². The first kappa shape index (κ1) is 14.0. The Morgan fingerprint density at radius 3 is 1.38 bits per heavy atom. The van der Waals surface area contributed by atoms with Crippen molar-refractivity contribution in [2.45, 2.75) is 36.6 Å². The molecule has 1 saturated carbocycles. The highest BCUT2D eigenvalue weighted by atomic mass is 31.2. The molecule has 0 unspecified atom stereocenters. The summed E-state index contributed by atoms with van der Waals surface area (Å²) >= 11 is 0. The molecule has 0 aromatic carbocycles. The molecule has 16 heavy (non-hydrogen) atoms. The van der Waals surface area contributed by atoms with E-state index in [1.807, 2.05) is 0 Å². The average Bonchev–Trinajstić information content (AvgIpc) is 2.17. The summed E-state index contributed by atoms with van der Waals surface area (Å²) in [6, 6.07) is 0. The van der Waals surface area contributed by atoms with Crippen molar-refractivity contribution in [1.82, 2.24) is 0 Å². The zero-order valence-electron chi connectivity index (χ0n) is 7.86. The minimum absolute atomic E-state index is 1.83. The van der Waals surface area contributed by atoms with Crippen molar-refractivity contribution in [2.24, 2.45) is 0 Å². The molecule has 9 nitrogen and oxygen atoms in total. The zero-order chi connectivity index (χ0) is 12.7. The molecule has 0 bridgehead atoms. The second kappa shape index (κ2) is 4.65. The van der Waals surface area contributed by atoms with Gasteiger partial charge in [0.2, 0.25) is 0 Å². The highest BCUT2D eigenvalue weighted by Crippen LogP contribution is 2.41. The molecule has 0 spiro atoms. The van der Waals surface area contributed by atoms with E-state index in [1.54, 1.807) is 0 Å². The zero-order valence-corrected chi connectivity index (χ0v) is 8.75. The third kappa shape index (κ3) is 2.77. The molecule has 0 aromatic rings. The van der Waals surface area contributed by atoms with Crippen molar-refractivity contribution in [3.63, 3.8) is 0 Å². The summed E-state index contributed by atoms with van der Waals surface area (Å²) in [6.45, 7) is 0. The topological polar surface area (TPSA) is 168 Å². The fraction of sp³-hybridized carbons (Fsp3) is 1.00. The van der Waals surface area contributed by atoms with E-state index in [1.165, 1.54) is 0 Å². The SMILES string of the molecule is O=P(O)(O)O[C@@H]1[C@H](O)[C@@H](O)[C@@H](O)[C@@H](O)[C@@H]1O. The number of aliphatic hydroxyl groups excluding tert-OH is 5. The van der Waals surface area contributed by atoms with Gasteiger partial charge in [0.15, 0.2) is 0 Å². The first-order valence-corrected chi connectivity index (χ1v) is 5.82. The van der Waals surface area contributed by atoms with Crippen molar-refractivity contribution >= 4 is 7.82 Å². The van der Waals surface area contributed by atoms with E-state index in [2.05, 4.69) is 4.52 Å². The summed E-state index contributed by atoms with van der Waals surface area (Å²) < 4.78 is 14.5. The fourth-order valence-corrected chi connectivity index (χ4v) is 2.05. The van der Waals surface area contributed by atoms with Crippen molar-refractivity contribution in [2.75, 3.05) is 0 Å². The van der Waals surface area contributed by atoms with Crippen molar-refractivity contribution in [3.05, 3.63) is 0 Å². The van der Waals surface area contributed by atoms with Gasteiger partial charge in [-0.1, -0.05) is 0 Å².